The number of carbonyl (C=O) groups is 3. The Morgan fingerprint density at radius 1 is 1.16 bits per heavy atom. The number of hydrogen-bond donors (Lipinski definition) is 2. The van der Waals surface area contributed by atoms with Crippen LogP contribution in [-0.2, 0) is 16.1 Å². The zero-order chi connectivity index (χ0) is 17.8. The fourth-order valence-electron chi connectivity index (χ4n) is 2.51. The molecule has 128 valence electrons. The monoisotopic (exact) mass is 340 g/mol. The van der Waals surface area contributed by atoms with Crippen LogP contribution in [-0.4, -0.2) is 36.0 Å². The van der Waals surface area contributed by atoms with Gasteiger partial charge >= 0.3 is 5.97 Å². The van der Waals surface area contributed by atoms with Crippen LogP contribution in [0.1, 0.15) is 15.9 Å². The molecule has 0 saturated heterocycles. The molecule has 2 N–H and O–H groups in total. The SMILES string of the molecule is O=C(CN1C(=O)COc2cc(C(=O)O)ccc21)NCc1ccccc1. The van der Waals surface area contributed by atoms with Crippen molar-refractivity contribution in [3.05, 3.63) is 59.7 Å². The number of hydrogen-bond acceptors (Lipinski definition) is 4. The highest BCUT2D eigenvalue weighted by molar-refractivity contribution is 6.02. The zero-order valence-corrected chi connectivity index (χ0v) is 13.3. The smallest absolute Gasteiger partial charge is 0.335 e. The van der Waals surface area contributed by atoms with E-state index in [9.17, 15) is 14.4 Å². The van der Waals surface area contributed by atoms with Crippen LogP contribution in [0.25, 0.3) is 0 Å². The lowest BCUT2D eigenvalue weighted by Gasteiger charge is -2.29. The number of anilines is 1. The molecule has 1 aliphatic rings. The van der Waals surface area contributed by atoms with E-state index >= 15 is 0 Å². The number of amides is 2. The van der Waals surface area contributed by atoms with E-state index < -0.39 is 5.97 Å². The second kappa shape index (κ2) is 7.04. The Bertz CT molecular complexity index is 819. The van der Waals surface area contributed by atoms with Gasteiger partial charge in [0.05, 0.1) is 11.3 Å². The highest BCUT2D eigenvalue weighted by Gasteiger charge is 2.28. The topological polar surface area (TPSA) is 95.9 Å². The van der Waals surface area contributed by atoms with Crippen molar-refractivity contribution in [2.75, 3.05) is 18.1 Å². The van der Waals surface area contributed by atoms with E-state index in [0.717, 1.165) is 5.56 Å². The molecule has 0 aromatic heterocycles. The maximum atomic E-state index is 12.2. The van der Waals surface area contributed by atoms with Crippen molar-refractivity contribution in [1.29, 1.82) is 0 Å². The van der Waals surface area contributed by atoms with Gasteiger partial charge in [0.25, 0.3) is 5.91 Å². The number of carboxylic acids is 1. The first-order valence-corrected chi connectivity index (χ1v) is 7.66. The lowest BCUT2D eigenvalue weighted by atomic mass is 10.1. The third kappa shape index (κ3) is 3.77. The number of benzene rings is 2. The zero-order valence-electron chi connectivity index (χ0n) is 13.3. The van der Waals surface area contributed by atoms with E-state index in [1.54, 1.807) is 0 Å². The molecule has 0 spiro atoms. The van der Waals surface area contributed by atoms with Crippen LogP contribution in [0.15, 0.2) is 48.5 Å². The van der Waals surface area contributed by atoms with Gasteiger partial charge in [-0.1, -0.05) is 30.3 Å². The van der Waals surface area contributed by atoms with E-state index in [1.807, 2.05) is 30.3 Å². The number of nitrogens with one attached hydrogen (secondary N) is 1. The minimum Gasteiger partial charge on any atom is -0.482 e. The van der Waals surface area contributed by atoms with Crippen LogP contribution in [0.2, 0.25) is 0 Å². The average Bonchev–Trinajstić information content (AvgIpc) is 2.62. The minimum absolute atomic E-state index is 0.0570. The Morgan fingerprint density at radius 3 is 2.64 bits per heavy atom. The maximum Gasteiger partial charge on any atom is 0.335 e. The molecule has 25 heavy (non-hydrogen) atoms. The van der Waals surface area contributed by atoms with E-state index in [-0.39, 0.29) is 36.3 Å². The van der Waals surface area contributed by atoms with Crippen LogP contribution < -0.4 is 15.0 Å². The first-order valence-electron chi connectivity index (χ1n) is 7.66. The number of carboxylic acid groups (broad SMARTS) is 1. The second-order valence-electron chi connectivity index (χ2n) is 5.52. The molecule has 2 amide bonds. The van der Waals surface area contributed by atoms with Crippen molar-refractivity contribution in [2.24, 2.45) is 0 Å². The first kappa shape index (κ1) is 16.5. The maximum absolute atomic E-state index is 12.2. The molecule has 3 rings (SSSR count). The van der Waals surface area contributed by atoms with Crippen molar-refractivity contribution in [1.82, 2.24) is 5.32 Å². The lowest BCUT2D eigenvalue weighted by Crippen LogP contribution is -2.45. The summed E-state index contributed by atoms with van der Waals surface area (Å²) < 4.78 is 5.28. The molecule has 0 bridgehead atoms. The molecular formula is C18H16N2O5. The van der Waals surface area contributed by atoms with Gasteiger partial charge in [-0.2, -0.15) is 0 Å². The Kier molecular flexibility index (Phi) is 4.65. The van der Waals surface area contributed by atoms with Gasteiger partial charge in [-0.15, -0.1) is 0 Å². The van der Waals surface area contributed by atoms with Crippen LogP contribution in [0.3, 0.4) is 0 Å². The highest BCUT2D eigenvalue weighted by atomic mass is 16.5. The van der Waals surface area contributed by atoms with E-state index in [0.29, 0.717) is 12.2 Å². The lowest BCUT2D eigenvalue weighted by molar-refractivity contribution is -0.125. The number of fused-ring (bicyclic) bond motifs is 1. The van der Waals surface area contributed by atoms with E-state index in [2.05, 4.69) is 5.32 Å². The summed E-state index contributed by atoms with van der Waals surface area (Å²) in [6.45, 7) is -0.0283. The fraction of sp³-hybridized carbons (Fsp3) is 0.167. The molecule has 1 aliphatic heterocycles. The predicted molar refractivity (Wildman–Crippen MR) is 89.5 cm³/mol. The van der Waals surface area contributed by atoms with Gasteiger partial charge in [-0.3, -0.25) is 14.5 Å². The number of carbonyl (C=O) groups excluding carboxylic acids is 2. The van der Waals surface area contributed by atoms with Crippen LogP contribution in [0.5, 0.6) is 5.75 Å². The largest absolute Gasteiger partial charge is 0.482 e. The fourth-order valence-corrected chi connectivity index (χ4v) is 2.51. The standard InChI is InChI=1S/C18H16N2O5/c21-16(19-9-12-4-2-1-3-5-12)10-20-14-7-6-13(18(23)24)8-15(14)25-11-17(20)22/h1-8H,9-11H2,(H,19,21)(H,23,24). The summed E-state index contributed by atoms with van der Waals surface area (Å²) in [4.78, 5) is 36.6. The van der Waals surface area contributed by atoms with E-state index in [1.165, 1.54) is 23.1 Å². The van der Waals surface area contributed by atoms with Gasteiger partial charge < -0.3 is 15.2 Å². The molecule has 0 atom stereocenters. The van der Waals surface area contributed by atoms with Gasteiger partial charge in [0.2, 0.25) is 5.91 Å². The molecule has 0 aliphatic carbocycles. The Labute approximate surface area is 143 Å². The van der Waals surface area contributed by atoms with Crippen LogP contribution in [0.4, 0.5) is 5.69 Å². The van der Waals surface area contributed by atoms with Crippen molar-refractivity contribution in [3.63, 3.8) is 0 Å². The molecule has 0 unspecified atom stereocenters. The average molecular weight is 340 g/mol. The van der Waals surface area contributed by atoms with Crippen molar-refractivity contribution < 1.29 is 24.2 Å². The van der Waals surface area contributed by atoms with Crippen molar-refractivity contribution in [2.45, 2.75) is 6.54 Å². The summed E-state index contributed by atoms with van der Waals surface area (Å²) in [5.41, 5.74) is 1.40. The molecule has 0 radical (unpaired) electrons. The van der Waals surface area contributed by atoms with Gasteiger partial charge in [0.15, 0.2) is 6.61 Å². The molecule has 0 fully saturated rings. The quantitative estimate of drug-likeness (QED) is 0.858. The molecule has 2 aromatic carbocycles. The van der Waals surface area contributed by atoms with Gasteiger partial charge in [-0.25, -0.2) is 4.79 Å². The first-order chi connectivity index (χ1) is 12.0. The highest BCUT2D eigenvalue weighted by Crippen LogP contribution is 2.32. The summed E-state index contributed by atoms with van der Waals surface area (Å²) in [5, 5.41) is 11.8. The third-order valence-corrected chi connectivity index (χ3v) is 3.78. The second-order valence-corrected chi connectivity index (χ2v) is 5.52. The Morgan fingerprint density at radius 2 is 1.92 bits per heavy atom. The molecule has 2 aromatic rings. The minimum atomic E-state index is -1.09. The summed E-state index contributed by atoms with van der Waals surface area (Å²) in [6, 6.07) is 13.6. The number of ether oxygens (including phenoxy) is 1. The van der Waals surface area contributed by atoms with Gasteiger partial charge in [0, 0.05) is 6.54 Å². The van der Waals surface area contributed by atoms with Crippen LogP contribution in [0, 0.1) is 0 Å². The molecular weight excluding hydrogens is 324 g/mol. The molecule has 0 saturated carbocycles. The summed E-state index contributed by atoms with van der Waals surface area (Å²) >= 11 is 0. The molecule has 7 heteroatoms. The molecule has 1 heterocycles. The normalized spacial score (nSPS) is 13.0. The van der Waals surface area contributed by atoms with Gasteiger partial charge in [-0.05, 0) is 23.8 Å². The number of rotatable bonds is 5. The number of nitrogens with zero attached hydrogens (tertiary/aromatic N) is 1. The van der Waals surface area contributed by atoms with Gasteiger partial charge in [0.1, 0.15) is 12.3 Å². The van der Waals surface area contributed by atoms with Crippen molar-refractivity contribution >= 4 is 23.5 Å². The summed E-state index contributed by atoms with van der Waals surface area (Å²) in [7, 11) is 0. The Balaban J connectivity index is 1.70. The summed E-state index contributed by atoms with van der Waals surface area (Å²) in [6.07, 6.45) is 0. The van der Waals surface area contributed by atoms with Crippen molar-refractivity contribution in [3.8, 4) is 5.75 Å². The Hall–Kier alpha value is -3.35. The third-order valence-electron chi connectivity index (χ3n) is 3.78. The van der Waals surface area contributed by atoms with E-state index in [4.69, 9.17) is 9.84 Å². The van der Waals surface area contributed by atoms with Crippen LogP contribution >= 0.6 is 0 Å². The predicted octanol–water partition coefficient (Wildman–Crippen LogP) is 1.43. The summed E-state index contributed by atoms with van der Waals surface area (Å²) in [5.74, 6) is -1.48. The molecule has 7 nitrogen and oxygen atoms in total. The number of aromatic carboxylic acids is 1.